The second-order valence-corrected chi connectivity index (χ2v) is 4.35. The first-order valence-corrected chi connectivity index (χ1v) is 6.11. The third-order valence-electron chi connectivity index (χ3n) is 2.91. The van der Waals surface area contributed by atoms with E-state index in [0.29, 0.717) is 6.42 Å². The van der Waals surface area contributed by atoms with E-state index < -0.39 is 40.8 Å². The third-order valence-corrected chi connectivity index (χ3v) is 2.91. The van der Waals surface area contributed by atoms with Crippen LogP contribution in [-0.4, -0.2) is 5.11 Å². The van der Waals surface area contributed by atoms with Crippen molar-refractivity contribution in [2.75, 3.05) is 0 Å². The number of aliphatic hydroxyl groups excluding tert-OH is 1. The minimum atomic E-state index is -2.21. The number of halogens is 5. The molecule has 0 aliphatic heterocycles. The Bertz CT molecular complexity index is 418. The van der Waals surface area contributed by atoms with Crippen molar-refractivity contribution >= 4 is 0 Å². The highest BCUT2D eigenvalue weighted by molar-refractivity contribution is 5.25. The summed E-state index contributed by atoms with van der Waals surface area (Å²) in [6.07, 6.45) is 1.25. The molecule has 0 saturated carbocycles. The van der Waals surface area contributed by atoms with Crippen LogP contribution < -0.4 is 0 Å². The van der Waals surface area contributed by atoms with E-state index in [9.17, 15) is 27.1 Å². The van der Waals surface area contributed by atoms with E-state index in [1.807, 2.05) is 6.92 Å². The Labute approximate surface area is 108 Å². The van der Waals surface area contributed by atoms with Crippen LogP contribution in [0.4, 0.5) is 22.0 Å². The van der Waals surface area contributed by atoms with Crippen LogP contribution in [0.2, 0.25) is 0 Å². The molecule has 0 saturated heterocycles. The van der Waals surface area contributed by atoms with Crippen LogP contribution in [0.3, 0.4) is 0 Å². The minimum Gasteiger partial charge on any atom is -0.388 e. The van der Waals surface area contributed by atoms with Gasteiger partial charge in [0.2, 0.25) is 5.82 Å². The van der Waals surface area contributed by atoms with Crippen molar-refractivity contribution in [1.29, 1.82) is 0 Å². The average molecular weight is 282 g/mol. The number of hydrogen-bond acceptors (Lipinski definition) is 1. The molecule has 0 aromatic heterocycles. The molecule has 1 rings (SSSR count). The first-order chi connectivity index (χ1) is 8.91. The second-order valence-electron chi connectivity index (χ2n) is 4.35. The molecule has 0 spiro atoms. The Kier molecular flexibility index (Phi) is 5.72. The van der Waals surface area contributed by atoms with Gasteiger partial charge in [-0.3, -0.25) is 0 Å². The van der Waals surface area contributed by atoms with Gasteiger partial charge in [-0.15, -0.1) is 0 Å². The lowest BCUT2D eigenvalue weighted by Gasteiger charge is -2.14. The fourth-order valence-corrected chi connectivity index (χ4v) is 1.82. The van der Waals surface area contributed by atoms with Crippen LogP contribution in [0.15, 0.2) is 0 Å². The number of aliphatic hydroxyl groups is 1. The summed E-state index contributed by atoms with van der Waals surface area (Å²) in [5.74, 6) is -10.2. The van der Waals surface area contributed by atoms with Gasteiger partial charge in [0, 0.05) is 0 Å². The Morgan fingerprint density at radius 1 is 0.789 bits per heavy atom. The molecule has 1 unspecified atom stereocenters. The van der Waals surface area contributed by atoms with Crippen molar-refractivity contribution in [3.63, 3.8) is 0 Å². The fourth-order valence-electron chi connectivity index (χ4n) is 1.82. The molecule has 6 heteroatoms. The highest BCUT2D eigenvalue weighted by Crippen LogP contribution is 2.30. The van der Waals surface area contributed by atoms with E-state index in [0.717, 1.165) is 19.3 Å². The molecule has 1 N–H and O–H groups in total. The molecule has 1 aromatic rings. The van der Waals surface area contributed by atoms with Gasteiger partial charge in [-0.25, -0.2) is 22.0 Å². The second kappa shape index (κ2) is 6.84. The normalized spacial score (nSPS) is 12.8. The van der Waals surface area contributed by atoms with E-state index in [4.69, 9.17) is 0 Å². The molecule has 0 aliphatic rings. The topological polar surface area (TPSA) is 20.2 Å². The van der Waals surface area contributed by atoms with E-state index in [-0.39, 0.29) is 6.42 Å². The molecule has 0 amide bonds. The van der Waals surface area contributed by atoms with Gasteiger partial charge in [0.15, 0.2) is 23.3 Å². The molecule has 0 bridgehead atoms. The molecule has 0 aliphatic carbocycles. The highest BCUT2D eigenvalue weighted by Gasteiger charge is 2.29. The fraction of sp³-hybridized carbons (Fsp3) is 0.538. The molecule has 108 valence electrons. The van der Waals surface area contributed by atoms with Gasteiger partial charge in [0.25, 0.3) is 0 Å². The maximum absolute atomic E-state index is 13.3. The number of hydrogen-bond donors (Lipinski definition) is 1. The van der Waals surface area contributed by atoms with Crippen molar-refractivity contribution in [1.82, 2.24) is 0 Å². The van der Waals surface area contributed by atoms with Crippen LogP contribution in [0, 0.1) is 29.1 Å². The predicted octanol–water partition coefficient (Wildman–Crippen LogP) is 4.39. The molecule has 1 aromatic carbocycles. The standard InChI is InChI=1S/C13H15F5O/c1-2-3-4-5-6-7(19)8-9(14)11(16)13(18)12(17)10(8)15/h7,19H,2-6H2,1H3. The van der Waals surface area contributed by atoms with Gasteiger partial charge >= 0.3 is 0 Å². The SMILES string of the molecule is CCCCCCC(O)c1c(F)c(F)c(F)c(F)c1F. The summed E-state index contributed by atoms with van der Waals surface area (Å²) in [6, 6.07) is 0. The van der Waals surface area contributed by atoms with Crippen molar-refractivity contribution in [3.05, 3.63) is 34.6 Å². The summed E-state index contributed by atoms with van der Waals surface area (Å²) in [5, 5.41) is 9.59. The Hall–Kier alpha value is -1.17. The minimum absolute atomic E-state index is 0.0433. The van der Waals surface area contributed by atoms with Crippen molar-refractivity contribution in [3.8, 4) is 0 Å². The van der Waals surface area contributed by atoms with Crippen LogP contribution in [0.25, 0.3) is 0 Å². The summed E-state index contributed by atoms with van der Waals surface area (Å²) in [4.78, 5) is 0. The predicted molar refractivity (Wildman–Crippen MR) is 60.0 cm³/mol. The largest absolute Gasteiger partial charge is 0.388 e. The van der Waals surface area contributed by atoms with Crippen LogP contribution in [-0.2, 0) is 0 Å². The first-order valence-electron chi connectivity index (χ1n) is 6.11. The molecule has 0 heterocycles. The van der Waals surface area contributed by atoms with Gasteiger partial charge in [0.05, 0.1) is 11.7 Å². The zero-order valence-electron chi connectivity index (χ0n) is 10.4. The monoisotopic (exact) mass is 282 g/mol. The van der Waals surface area contributed by atoms with E-state index in [1.54, 1.807) is 0 Å². The summed E-state index contributed by atoms with van der Waals surface area (Å²) in [6.45, 7) is 1.96. The lowest BCUT2D eigenvalue weighted by Crippen LogP contribution is -2.11. The van der Waals surface area contributed by atoms with E-state index in [2.05, 4.69) is 0 Å². The lowest BCUT2D eigenvalue weighted by molar-refractivity contribution is 0.150. The number of benzene rings is 1. The van der Waals surface area contributed by atoms with Crippen LogP contribution in [0.5, 0.6) is 0 Å². The lowest BCUT2D eigenvalue weighted by atomic mass is 10.0. The average Bonchev–Trinajstić information content (AvgIpc) is 2.39. The van der Waals surface area contributed by atoms with Gasteiger partial charge in [-0.1, -0.05) is 32.6 Å². The van der Waals surface area contributed by atoms with Crippen molar-refractivity contribution in [2.24, 2.45) is 0 Å². The van der Waals surface area contributed by atoms with Crippen LogP contribution >= 0.6 is 0 Å². The Morgan fingerprint density at radius 2 is 1.26 bits per heavy atom. The zero-order valence-corrected chi connectivity index (χ0v) is 10.4. The maximum Gasteiger partial charge on any atom is 0.200 e. The first kappa shape index (κ1) is 15.9. The smallest absolute Gasteiger partial charge is 0.200 e. The molecular weight excluding hydrogens is 267 g/mol. The Morgan fingerprint density at radius 3 is 1.74 bits per heavy atom. The summed E-state index contributed by atoms with van der Waals surface area (Å²) >= 11 is 0. The molecular formula is C13H15F5O. The Balaban J connectivity index is 2.94. The summed E-state index contributed by atoms with van der Waals surface area (Å²) < 4.78 is 65.4. The molecule has 19 heavy (non-hydrogen) atoms. The summed E-state index contributed by atoms with van der Waals surface area (Å²) in [7, 11) is 0. The van der Waals surface area contributed by atoms with Crippen LogP contribution in [0.1, 0.15) is 50.7 Å². The molecule has 0 radical (unpaired) electrons. The highest BCUT2D eigenvalue weighted by atomic mass is 19.2. The summed E-state index contributed by atoms with van der Waals surface area (Å²) in [5.41, 5.74) is -1.15. The third kappa shape index (κ3) is 3.43. The quantitative estimate of drug-likeness (QED) is 0.355. The molecule has 1 nitrogen and oxygen atoms in total. The van der Waals surface area contributed by atoms with Gasteiger partial charge in [0.1, 0.15) is 0 Å². The number of rotatable bonds is 6. The molecule has 0 fully saturated rings. The van der Waals surface area contributed by atoms with Crippen molar-refractivity contribution in [2.45, 2.75) is 45.1 Å². The van der Waals surface area contributed by atoms with Gasteiger partial charge in [-0.05, 0) is 6.42 Å². The van der Waals surface area contributed by atoms with Gasteiger partial charge < -0.3 is 5.11 Å². The maximum atomic E-state index is 13.3. The van der Waals surface area contributed by atoms with E-state index in [1.165, 1.54) is 0 Å². The van der Waals surface area contributed by atoms with Gasteiger partial charge in [-0.2, -0.15) is 0 Å². The molecule has 1 atom stereocenters. The number of unbranched alkanes of at least 4 members (excludes halogenated alkanes) is 3. The van der Waals surface area contributed by atoms with E-state index >= 15 is 0 Å². The zero-order chi connectivity index (χ0) is 14.6. The van der Waals surface area contributed by atoms with Crippen molar-refractivity contribution < 1.29 is 27.1 Å².